The SMILES string of the molecule is CONc1cc(C(N)=O)cnc1NCCCCN. The lowest BCUT2D eigenvalue weighted by molar-refractivity contribution is 0.1000. The fourth-order valence-corrected chi connectivity index (χ4v) is 1.40. The second-order valence-corrected chi connectivity index (χ2v) is 3.71. The van der Waals surface area contributed by atoms with Gasteiger partial charge in [0.25, 0.3) is 0 Å². The van der Waals surface area contributed by atoms with Gasteiger partial charge in [-0.05, 0) is 25.5 Å². The molecular formula is C11H19N5O2. The average molecular weight is 253 g/mol. The highest BCUT2D eigenvalue weighted by atomic mass is 16.6. The van der Waals surface area contributed by atoms with Gasteiger partial charge in [-0.3, -0.25) is 15.1 Å². The molecule has 0 radical (unpaired) electrons. The Balaban J connectivity index is 2.73. The second kappa shape index (κ2) is 7.46. The standard InChI is InChI=1S/C11H19N5O2/c1-18-16-9-6-8(10(13)17)7-15-11(9)14-5-3-2-4-12/h6-7,16H,2-5,12H2,1H3,(H2,13,17)(H,14,15). The Kier molecular flexibility index (Phi) is 5.89. The van der Waals surface area contributed by atoms with E-state index in [4.69, 9.17) is 16.3 Å². The number of amides is 1. The summed E-state index contributed by atoms with van der Waals surface area (Å²) >= 11 is 0. The minimum absolute atomic E-state index is 0.321. The van der Waals surface area contributed by atoms with Crippen LogP contribution in [0.2, 0.25) is 0 Å². The number of hydrogen-bond acceptors (Lipinski definition) is 6. The molecule has 7 nitrogen and oxygen atoms in total. The quantitative estimate of drug-likeness (QED) is 0.391. The third kappa shape index (κ3) is 4.19. The molecule has 0 aromatic carbocycles. The summed E-state index contributed by atoms with van der Waals surface area (Å²) in [5.74, 6) is 0.0789. The molecule has 0 aliphatic rings. The summed E-state index contributed by atoms with van der Waals surface area (Å²) in [7, 11) is 1.48. The Hall–Kier alpha value is -1.86. The van der Waals surface area contributed by atoms with Gasteiger partial charge in [0.2, 0.25) is 5.91 Å². The lowest BCUT2D eigenvalue weighted by Crippen LogP contribution is -2.14. The topological polar surface area (TPSA) is 115 Å². The maximum atomic E-state index is 11.0. The first kappa shape index (κ1) is 14.2. The van der Waals surface area contributed by atoms with Crippen molar-refractivity contribution in [3.63, 3.8) is 0 Å². The van der Waals surface area contributed by atoms with Crippen molar-refractivity contribution >= 4 is 17.4 Å². The number of hydrogen-bond donors (Lipinski definition) is 4. The fraction of sp³-hybridized carbons (Fsp3) is 0.455. The van der Waals surface area contributed by atoms with Gasteiger partial charge in [-0.2, -0.15) is 0 Å². The molecule has 0 unspecified atom stereocenters. The summed E-state index contributed by atoms with van der Waals surface area (Å²) in [5, 5.41) is 3.14. The highest BCUT2D eigenvalue weighted by molar-refractivity contribution is 5.94. The van der Waals surface area contributed by atoms with Gasteiger partial charge in [0, 0.05) is 12.7 Å². The van der Waals surface area contributed by atoms with Gasteiger partial charge in [-0.15, -0.1) is 0 Å². The van der Waals surface area contributed by atoms with Gasteiger partial charge in [0.1, 0.15) is 5.69 Å². The Morgan fingerprint density at radius 1 is 1.50 bits per heavy atom. The van der Waals surface area contributed by atoms with Gasteiger partial charge in [-0.1, -0.05) is 0 Å². The van der Waals surface area contributed by atoms with Crippen molar-refractivity contribution in [2.45, 2.75) is 12.8 Å². The number of carbonyl (C=O) groups is 1. The first-order valence-corrected chi connectivity index (χ1v) is 5.71. The van der Waals surface area contributed by atoms with Crippen molar-refractivity contribution in [2.75, 3.05) is 31.0 Å². The third-order valence-corrected chi connectivity index (χ3v) is 2.31. The molecule has 0 bridgehead atoms. The molecule has 0 spiro atoms. The van der Waals surface area contributed by atoms with Crippen LogP contribution >= 0.6 is 0 Å². The van der Waals surface area contributed by atoms with Gasteiger partial charge in [0.15, 0.2) is 5.82 Å². The van der Waals surface area contributed by atoms with E-state index < -0.39 is 5.91 Å². The number of primary amides is 1. The lowest BCUT2D eigenvalue weighted by atomic mass is 10.2. The van der Waals surface area contributed by atoms with Crippen LogP contribution in [-0.2, 0) is 4.84 Å². The Labute approximate surface area is 106 Å². The van der Waals surface area contributed by atoms with E-state index in [1.807, 2.05) is 0 Å². The smallest absolute Gasteiger partial charge is 0.250 e. The first-order chi connectivity index (χ1) is 8.69. The van der Waals surface area contributed by atoms with E-state index >= 15 is 0 Å². The van der Waals surface area contributed by atoms with Crippen LogP contribution in [0.15, 0.2) is 12.3 Å². The number of aromatic nitrogens is 1. The molecule has 1 aromatic heterocycles. The van der Waals surface area contributed by atoms with Crippen LogP contribution in [-0.4, -0.2) is 31.1 Å². The summed E-state index contributed by atoms with van der Waals surface area (Å²) in [6.45, 7) is 1.41. The number of rotatable bonds is 8. The summed E-state index contributed by atoms with van der Waals surface area (Å²) in [6.07, 6.45) is 3.32. The average Bonchev–Trinajstić information content (AvgIpc) is 2.36. The molecule has 18 heavy (non-hydrogen) atoms. The fourth-order valence-electron chi connectivity index (χ4n) is 1.40. The molecule has 1 aromatic rings. The molecule has 0 fully saturated rings. The van der Waals surface area contributed by atoms with Crippen molar-refractivity contribution in [2.24, 2.45) is 11.5 Å². The Bertz CT molecular complexity index is 397. The molecule has 0 saturated carbocycles. The molecule has 0 aliphatic carbocycles. The molecule has 7 heteroatoms. The zero-order valence-electron chi connectivity index (χ0n) is 10.4. The predicted octanol–water partition coefficient (Wildman–Crippen LogP) is 0.305. The summed E-state index contributed by atoms with van der Waals surface area (Å²) in [6, 6.07) is 1.59. The van der Waals surface area contributed by atoms with Crippen LogP contribution in [0.25, 0.3) is 0 Å². The van der Waals surface area contributed by atoms with Crippen molar-refractivity contribution in [3.05, 3.63) is 17.8 Å². The van der Waals surface area contributed by atoms with Crippen LogP contribution in [0.1, 0.15) is 23.2 Å². The number of unbranched alkanes of at least 4 members (excludes halogenated alkanes) is 1. The molecular weight excluding hydrogens is 234 g/mol. The normalized spacial score (nSPS) is 10.1. The molecule has 0 saturated heterocycles. The molecule has 1 amide bonds. The highest BCUT2D eigenvalue weighted by Gasteiger charge is 2.08. The van der Waals surface area contributed by atoms with E-state index in [9.17, 15) is 4.79 Å². The van der Waals surface area contributed by atoms with Crippen molar-refractivity contribution < 1.29 is 9.63 Å². The molecule has 0 aliphatic heterocycles. The molecule has 0 atom stereocenters. The van der Waals surface area contributed by atoms with Crippen LogP contribution in [0.5, 0.6) is 0 Å². The molecule has 6 N–H and O–H groups in total. The lowest BCUT2D eigenvalue weighted by Gasteiger charge is -2.12. The van der Waals surface area contributed by atoms with Crippen LogP contribution in [0.4, 0.5) is 11.5 Å². The van der Waals surface area contributed by atoms with E-state index in [0.717, 1.165) is 19.4 Å². The largest absolute Gasteiger partial charge is 0.368 e. The first-order valence-electron chi connectivity index (χ1n) is 5.71. The van der Waals surface area contributed by atoms with E-state index in [2.05, 4.69) is 15.8 Å². The minimum Gasteiger partial charge on any atom is -0.368 e. The number of anilines is 2. The van der Waals surface area contributed by atoms with E-state index in [0.29, 0.717) is 23.6 Å². The maximum absolute atomic E-state index is 11.0. The predicted molar refractivity (Wildman–Crippen MR) is 70.2 cm³/mol. The monoisotopic (exact) mass is 253 g/mol. The number of pyridine rings is 1. The van der Waals surface area contributed by atoms with E-state index in [1.165, 1.54) is 13.3 Å². The zero-order valence-corrected chi connectivity index (χ0v) is 10.4. The van der Waals surface area contributed by atoms with Crippen molar-refractivity contribution in [3.8, 4) is 0 Å². The van der Waals surface area contributed by atoms with Gasteiger partial charge >= 0.3 is 0 Å². The van der Waals surface area contributed by atoms with E-state index in [1.54, 1.807) is 6.07 Å². The molecule has 1 rings (SSSR count). The van der Waals surface area contributed by atoms with E-state index in [-0.39, 0.29) is 0 Å². The van der Waals surface area contributed by atoms with Crippen molar-refractivity contribution in [1.82, 2.24) is 4.98 Å². The Morgan fingerprint density at radius 2 is 2.28 bits per heavy atom. The molecule has 100 valence electrons. The van der Waals surface area contributed by atoms with Crippen LogP contribution < -0.4 is 22.3 Å². The maximum Gasteiger partial charge on any atom is 0.250 e. The zero-order chi connectivity index (χ0) is 13.4. The number of carbonyl (C=O) groups excluding carboxylic acids is 1. The summed E-state index contributed by atoms with van der Waals surface area (Å²) in [4.78, 5) is 20.0. The second-order valence-electron chi connectivity index (χ2n) is 3.71. The Morgan fingerprint density at radius 3 is 2.89 bits per heavy atom. The molecule has 1 heterocycles. The van der Waals surface area contributed by atoms with Crippen LogP contribution in [0, 0.1) is 0 Å². The summed E-state index contributed by atoms with van der Waals surface area (Å²) < 4.78 is 0. The number of nitrogens with one attached hydrogen (secondary N) is 2. The minimum atomic E-state index is -0.531. The van der Waals surface area contributed by atoms with Gasteiger partial charge < -0.3 is 16.8 Å². The number of nitrogens with zero attached hydrogens (tertiary/aromatic N) is 1. The van der Waals surface area contributed by atoms with Gasteiger partial charge in [0.05, 0.1) is 12.7 Å². The number of nitrogens with two attached hydrogens (primary N) is 2. The third-order valence-electron chi connectivity index (χ3n) is 2.31. The highest BCUT2D eigenvalue weighted by Crippen LogP contribution is 2.20. The van der Waals surface area contributed by atoms with Crippen LogP contribution in [0.3, 0.4) is 0 Å². The summed E-state index contributed by atoms with van der Waals surface area (Å²) in [5.41, 5.74) is 14.1. The van der Waals surface area contributed by atoms with Gasteiger partial charge in [-0.25, -0.2) is 4.98 Å². The van der Waals surface area contributed by atoms with Crippen molar-refractivity contribution in [1.29, 1.82) is 0 Å².